The van der Waals surface area contributed by atoms with E-state index in [9.17, 15) is 35.4 Å². The van der Waals surface area contributed by atoms with E-state index in [-0.39, 0.29) is 17.1 Å². The second-order valence-electron chi connectivity index (χ2n) is 4.78. The minimum atomic E-state index is -0.929. The van der Waals surface area contributed by atoms with E-state index in [2.05, 4.69) is 0 Å². The maximum absolute atomic E-state index is 11.8. The molecule has 1 aromatic rings. The van der Waals surface area contributed by atoms with Gasteiger partial charge in [-0.05, 0) is 24.3 Å². The monoisotopic (exact) mass is 318 g/mol. The topological polar surface area (TPSA) is 152 Å². The Morgan fingerprint density at radius 2 is 1.35 bits per heavy atom. The molecule has 1 aromatic carbocycles. The molecule has 1 heterocycles. The molecule has 0 fully saturated rings. The first-order valence-corrected chi connectivity index (χ1v) is 6.27. The molecule has 0 aromatic heterocycles. The van der Waals surface area contributed by atoms with Crippen molar-refractivity contribution < 1.29 is 35.1 Å². The van der Waals surface area contributed by atoms with Crippen LogP contribution in [0.3, 0.4) is 0 Å². The van der Waals surface area contributed by atoms with Crippen LogP contribution in [0.25, 0.3) is 22.6 Å². The van der Waals surface area contributed by atoms with Crippen molar-refractivity contribution in [3.05, 3.63) is 34.5 Å². The number of phenols is 4. The molecule has 3 rings (SSSR count). The van der Waals surface area contributed by atoms with Gasteiger partial charge in [0.1, 0.15) is 11.3 Å². The molecule has 0 unspecified atom stereocenters. The van der Waals surface area contributed by atoms with Crippen LogP contribution in [0, 0.1) is 0 Å². The Balaban J connectivity index is 2.37. The van der Waals surface area contributed by atoms with E-state index in [4.69, 9.17) is 4.42 Å². The third-order valence-electron chi connectivity index (χ3n) is 3.32. The Labute approximate surface area is 127 Å². The smallest absolute Gasteiger partial charge is 0.234 e. The highest BCUT2D eigenvalue weighted by atomic mass is 16.4. The fourth-order valence-corrected chi connectivity index (χ4v) is 2.18. The van der Waals surface area contributed by atoms with Crippen LogP contribution >= 0.6 is 0 Å². The third kappa shape index (κ3) is 2.04. The number of hydrogen-bond acceptors (Lipinski definition) is 8. The summed E-state index contributed by atoms with van der Waals surface area (Å²) in [6, 6.07) is 4.23. The number of rotatable bonds is 1. The lowest BCUT2D eigenvalue weighted by molar-refractivity contribution is 0.367. The molecule has 6 N–H and O–H groups in total. The largest absolute Gasteiger partial charge is 0.504 e. The zero-order valence-electron chi connectivity index (χ0n) is 11.3. The molecule has 23 heavy (non-hydrogen) atoms. The minimum absolute atomic E-state index is 0.0620. The predicted molar refractivity (Wildman–Crippen MR) is 77.0 cm³/mol. The standard InChI is InChI=1S/C15H10O8/c16-6-1-2-9-10(12(6)20)13(21)14(22)15(23-9)5-3-7(17)11(19)8(18)4-5/h1-4,16-19,21-22H. The Bertz CT molecular complexity index is 934. The summed E-state index contributed by atoms with van der Waals surface area (Å²) in [5, 5.41) is 57.8. The van der Waals surface area contributed by atoms with E-state index in [0.717, 1.165) is 18.2 Å². The fraction of sp³-hybridized carbons (Fsp3) is 0. The van der Waals surface area contributed by atoms with Crippen molar-refractivity contribution in [2.75, 3.05) is 0 Å². The average Bonchev–Trinajstić information content (AvgIpc) is 2.51. The maximum Gasteiger partial charge on any atom is 0.234 e. The number of hydrogen-bond donors (Lipinski definition) is 6. The van der Waals surface area contributed by atoms with Crippen LogP contribution < -0.4 is 5.43 Å². The summed E-state index contributed by atoms with van der Waals surface area (Å²) in [4.78, 5) is 11.8. The number of fused-ring (bicyclic) bond motifs is 1. The number of phenolic OH excluding ortho intramolecular Hbond substituents is 4. The summed E-state index contributed by atoms with van der Waals surface area (Å²) in [7, 11) is 0. The molecular weight excluding hydrogens is 308 g/mol. The van der Waals surface area contributed by atoms with Gasteiger partial charge in [-0.15, -0.1) is 0 Å². The van der Waals surface area contributed by atoms with E-state index >= 15 is 0 Å². The summed E-state index contributed by atoms with van der Waals surface area (Å²) in [6.45, 7) is 0. The maximum atomic E-state index is 11.8. The van der Waals surface area contributed by atoms with Gasteiger partial charge in [-0.25, -0.2) is 0 Å². The lowest BCUT2D eigenvalue weighted by Crippen LogP contribution is -2.05. The van der Waals surface area contributed by atoms with E-state index in [0.29, 0.717) is 0 Å². The second-order valence-corrected chi connectivity index (χ2v) is 4.78. The van der Waals surface area contributed by atoms with Crippen LogP contribution in [0.1, 0.15) is 0 Å². The molecule has 118 valence electrons. The molecule has 0 spiro atoms. The predicted octanol–water partition coefficient (Wildman–Crippen LogP) is 1.65. The van der Waals surface area contributed by atoms with Crippen molar-refractivity contribution in [1.29, 1.82) is 0 Å². The number of benzene rings is 2. The average molecular weight is 318 g/mol. The van der Waals surface area contributed by atoms with Crippen LogP contribution in [0.4, 0.5) is 0 Å². The van der Waals surface area contributed by atoms with Crippen molar-refractivity contribution in [3.8, 4) is 57.1 Å². The molecule has 1 aliphatic heterocycles. The molecule has 0 bridgehead atoms. The normalized spacial score (nSPS) is 11.0. The minimum Gasteiger partial charge on any atom is -0.504 e. The van der Waals surface area contributed by atoms with Gasteiger partial charge in [-0.3, -0.25) is 4.79 Å². The summed E-state index contributed by atoms with van der Waals surface area (Å²) in [5.74, 6) is -4.89. The van der Waals surface area contributed by atoms with Gasteiger partial charge in [0.25, 0.3) is 0 Å². The van der Waals surface area contributed by atoms with Gasteiger partial charge in [-0.1, -0.05) is 0 Å². The summed E-state index contributed by atoms with van der Waals surface area (Å²) in [5.41, 5.74) is -1.41. The SMILES string of the molecule is O=c1c(O)ccc2oc(-c3cc(O)c(O)c(O)c3)c(O)c(O)c1-2. The summed E-state index contributed by atoms with van der Waals surface area (Å²) in [6.07, 6.45) is 0. The first-order valence-electron chi connectivity index (χ1n) is 6.27. The van der Waals surface area contributed by atoms with Gasteiger partial charge in [0.05, 0.1) is 0 Å². The van der Waals surface area contributed by atoms with Crippen LogP contribution in [-0.2, 0) is 0 Å². The van der Waals surface area contributed by atoms with Crippen LogP contribution in [-0.4, -0.2) is 30.6 Å². The van der Waals surface area contributed by atoms with Crippen LogP contribution in [0.5, 0.6) is 34.5 Å². The van der Waals surface area contributed by atoms with Gasteiger partial charge in [0, 0.05) is 5.56 Å². The Hall–Kier alpha value is -3.55. The lowest BCUT2D eigenvalue weighted by Gasteiger charge is -2.13. The zero-order chi connectivity index (χ0) is 16.9. The summed E-state index contributed by atoms with van der Waals surface area (Å²) >= 11 is 0. The van der Waals surface area contributed by atoms with Crippen LogP contribution in [0.2, 0.25) is 0 Å². The lowest BCUT2D eigenvalue weighted by atomic mass is 10.0. The molecule has 0 amide bonds. The molecular formula is C15H10O8. The molecule has 0 saturated heterocycles. The molecule has 1 aliphatic carbocycles. The van der Waals surface area contributed by atoms with Gasteiger partial charge in [0.2, 0.25) is 11.2 Å². The second kappa shape index (κ2) is 4.73. The van der Waals surface area contributed by atoms with E-state index in [1.54, 1.807) is 0 Å². The Morgan fingerprint density at radius 1 is 0.739 bits per heavy atom. The van der Waals surface area contributed by atoms with Crippen molar-refractivity contribution >= 4 is 0 Å². The third-order valence-corrected chi connectivity index (χ3v) is 3.32. The highest BCUT2D eigenvalue weighted by molar-refractivity contribution is 5.80. The fourth-order valence-electron chi connectivity index (χ4n) is 2.18. The molecule has 0 radical (unpaired) electrons. The van der Waals surface area contributed by atoms with Gasteiger partial charge < -0.3 is 35.1 Å². The van der Waals surface area contributed by atoms with Gasteiger partial charge in [-0.2, -0.15) is 0 Å². The van der Waals surface area contributed by atoms with Gasteiger partial charge >= 0.3 is 0 Å². The molecule has 2 aliphatic rings. The summed E-state index contributed by atoms with van der Waals surface area (Å²) < 4.78 is 5.32. The molecule has 8 heteroatoms. The number of aromatic hydroxyl groups is 6. The Morgan fingerprint density at radius 3 is 1.96 bits per heavy atom. The van der Waals surface area contributed by atoms with E-state index in [1.807, 2.05) is 0 Å². The highest BCUT2D eigenvalue weighted by Crippen LogP contribution is 2.47. The highest BCUT2D eigenvalue weighted by Gasteiger charge is 2.25. The van der Waals surface area contributed by atoms with E-state index < -0.39 is 45.5 Å². The Kier molecular flexibility index (Phi) is 2.96. The van der Waals surface area contributed by atoms with Crippen LogP contribution in [0.15, 0.2) is 33.5 Å². The quantitative estimate of drug-likeness (QED) is 0.370. The zero-order valence-corrected chi connectivity index (χ0v) is 11.3. The molecule has 8 nitrogen and oxygen atoms in total. The van der Waals surface area contributed by atoms with Crippen molar-refractivity contribution in [1.82, 2.24) is 0 Å². The first-order chi connectivity index (χ1) is 10.8. The van der Waals surface area contributed by atoms with Crippen molar-refractivity contribution in [2.24, 2.45) is 0 Å². The molecule has 0 atom stereocenters. The van der Waals surface area contributed by atoms with Crippen molar-refractivity contribution in [3.63, 3.8) is 0 Å². The van der Waals surface area contributed by atoms with E-state index in [1.165, 1.54) is 6.07 Å². The van der Waals surface area contributed by atoms with Gasteiger partial charge in [0.15, 0.2) is 34.5 Å². The van der Waals surface area contributed by atoms with Crippen molar-refractivity contribution in [2.45, 2.75) is 0 Å². The molecule has 0 saturated carbocycles. The first kappa shape index (κ1) is 14.4.